The number of ether oxygens (including phenoxy) is 2. The molecule has 3 heteroatoms. The fourth-order valence-electron chi connectivity index (χ4n) is 4.39. The van der Waals surface area contributed by atoms with Crippen molar-refractivity contribution in [1.82, 2.24) is 0 Å². The van der Waals surface area contributed by atoms with Gasteiger partial charge in [-0.15, -0.1) is 0 Å². The first-order chi connectivity index (χ1) is 11.8. The van der Waals surface area contributed by atoms with Crippen LogP contribution in [0.1, 0.15) is 80.1 Å². The Morgan fingerprint density at radius 1 is 1.24 bits per heavy atom. The van der Waals surface area contributed by atoms with Crippen molar-refractivity contribution in [3.05, 3.63) is 11.6 Å². The molecular weight excluding hydrogens is 312 g/mol. The molecule has 0 unspecified atom stereocenters. The van der Waals surface area contributed by atoms with E-state index in [1.807, 2.05) is 0 Å². The molecule has 0 bridgehead atoms. The first kappa shape index (κ1) is 20.5. The minimum absolute atomic E-state index is 0.0971. The summed E-state index contributed by atoms with van der Waals surface area (Å²) < 4.78 is 12.2. The highest BCUT2D eigenvalue weighted by atomic mass is 16.7. The van der Waals surface area contributed by atoms with E-state index in [4.69, 9.17) is 9.47 Å². The molecular formula is C22H38O3. The SMILES string of the molecule is CCCC[C@@H]1/C(=C\C(C)C)C(=O)O[C@H]1O[C@@H]1C[C@H](C)CC[C@H]1C(C)C. The highest BCUT2D eigenvalue weighted by Crippen LogP contribution is 2.40. The van der Waals surface area contributed by atoms with E-state index in [-0.39, 0.29) is 24.3 Å². The van der Waals surface area contributed by atoms with Crippen molar-refractivity contribution in [2.24, 2.45) is 29.6 Å². The summed E-state index contributed by atoms with van der Waals surface area (Å²) in [6.07, 6.45) is 8.69. The maximum absolute atomic E-state index is 12.4. The zero-order valence-corrected chi connectivity index (χ0v) is 17.1. The van der Waals surface area contributed by atoms with Crippen LogP contribution in [-0.2, 0) is 14.3 Å². The molecule has 0 amide bonds. The van der Waals surface area contributed by atoms with Crippen LogP contribution in [0.3, 0.4) is 0 Å². The number of rotatable bonds is 7. The molecule has 0 radical (unpaired) electrons. The summed E-state index contributed by atoms with van der Waals surface area (Å²) in [5.41, 5.74) is 0.846. The molecule has 0 spiro atoms. The van der Waals surface area contributed by atoms with Crippen molar-refractivity contribution < 1.29 is 14.3 Å². The van der Waals surface area contributed by atoms with Crippen LogP contribution in [0.5, 0.6) is 0 Å². The standard InChI is InChI=1S/C22H38O3/c1-7-8-9-18-19(12-14(2)3)21(23)25-22(18)24-20-13-16(6)10-11-17(20)15(4)5/h12,14-18,20,22H,7-11,13H2,1-6H3/b19-12+/t16-,17+,18-,20-,22-/m1/s1. The number of unbranched alkanes of at least 4 members (excludes halogenated alkanes) is 1. The number of carbonyl (C=O) groups is 1. The molecule has 0 aromatic heterocycles. The lowest BCUT2D eigenvalue weighted by Gasteiger charge is -2.38. The Morgan fingerprint density at radius 3 is 2.56 bits per heavy atom. The number of allylic oxidation sites excluding steroid dienone is 1. The number of hydrogen-bond donors (Lipinski definition) is 0. The van der Waals surface area contributed by atoms with Crippen molar-refractivity contribution in [2.75, 3.05) is 0 Å². The lowest BCUT2D eigenvalue weighted by molar-refractivity contribution is -0.196. The van der Waals surface area contributed by atoms with Gasteiger partial charge in [0.05, 0.1) is 12.0 Å². The van der Waals surface area contributed by atoms with Gasteiger partial charge in [-0.1, -0.05) is 66.9 Å². The molecule has 5 atom stereocenters. The summed E-state index contributed by atoms with van der Waals surface area (Å²) in [5.74, 6) is 2.15. The first-order valence-electron chi connectivity index (χ1n) is 10.4. The summed E-state index contributed by atoms with van der Waals surface area (Å²) in [7, 11) is 0. The van der Waals surface area contributed by atoms with Gasteiger partial charge in [-0.05, 0) is 42.9 Å². The summed E-state index contributed by atoms with van der Waals surface area (Å²) >= 11 is 0. The highest BCUT2D eigenvalue weighted by Gasteiger charge is 2.43. The number of cyclic esters (lactones) is 1. The van der Waals surface area contributed by atoms with Crippen LogP contribution in [0.15, 0.2) is 11.6 Å². The minimum Gasteiger partial charge on any atom is -0.432 e. The first-order valence-corrected chi connectivity index (χ1v) is 10.4. The Bertz CT molecular complexity index is 466. The molecule has 0 aromatic carbocycles. The Labute approximate surface area is 154 Å². The van der Waals surface area contributed by atoms with Crippen LogP contribution in [0.4, 0.5) is 0 Å². The van der Waals surface area contributed by atoms with Crippen molar-refractivity contribution in [3.8, 4) is 0 Å². The van der Waals surface area contributed by atoms with E-state index in [1.54, 1.807) is 0 Å². The van der Waals surface area contributed by atoms with Gasteiger partial charge in [0.15, 0.2) is 0 Å². The Hall–Kier alpha value is -0.830. The fraction of sp³-hybridized carbons (Fsp3) is 0.864. The Morgan fingerprint density at radius 2 is 1.96 bits per heavy atom. The number of hydrogen-bond acceptors (Lipinski definition) is 3. The molecule has 1 heterocycles. The van der Waals surface area contributed by atoms with Crippen molar-refractivity contribution in [3.63, 3.8) is 0 Å². The van der Waals surface area contributed by atoms with Crippen LogP contribution in [0.2, 0.25) is 0 Å². The third kappa shape index (κ3) is 5.32. The van der Waals surface area contributed by atoms with E-state index >= 15 is 0 Å². The van der Waals surface area contributed by atoms with Gasteiger partial charge in [-0.3, -0.25) is 0 Å². The predicted molar refractivity (Wildman–Crippen MR) is 102 cm³/mol. The topological polar surface area (TPSA) is 35.5 Å². The quantitative estimate of drug-likeness (QED) is 0.434. The largest absolute Gasteiger partial charge is 0.432 e. The molecule has 2 fully saturated rings. The normalized spacial score (nSPS) is 35.0. The monoisotopic (exact) mass is 350 g/mol. The number of carbonyl (C=O) groups excluding carboxylic acids is 1. The van der Waals surface area contributed by atoms with E-state index in [0.29, 0.717) is 23.7 Å². The fourth-order valence-corrected chi connectivity index (χ4v) is 4.39. The number of esters is 1. The zero-order chi connectivity index (χ0) is 18.6. The van der Waals surface area contributed by atoms with Crippen LogP contribution in [0.25, 0.3) is 0 Å². The molecule has 1 saturated carbocycles. The van der Waals surface area contributed by atoms with Gasteiger partial charge < -0.3 is 9.47 Å². The molecule has 1 aliphatic heterocycles. The molecule has 3 nitrogen and oxygen atoms in total. The Balaban J connectivity index is 2.15. The van der Waals surface area contributed by atoms with E-state index in [2.05, 4.69) is 47.6 Å². The van der Waals surface area contributed by atoms with Crippen molar-refractivity contribution in [2.45, 2.75) is 92.5 Å². The van der Waals surface area contributed by atoms with Gasteiger partial charge in [-0.2, -0.15) is 0 Å². The van der Waals surface area contributed by atoms with E-state index in [9.17, 15) is 4.79 Å². The van der Waals surface area contributed by atoms with Crippen LogP contribution in [0, 0.1) is 29.6 Å². The van der Waals surface area contributed by atoms with Gasteiger partial charge in [0.2, 0.25) is 6.29 Å². The molecule has 0 aromatic rings. The smallest absolute Gasteiger partial charge is 0.336 e. The lowest BCUT2D eigenvalue weighted by atomic mass is 9.75. The lowest BCUT2D eigenvalue weighted by Crippen LogP contribution is -2.38. The van der Waals surface area contributed by atoms with Gasteiger partial charge in [0.25, 0.3) is 0 Å². The van der Waals surface area contributed by atoms with Crippen LogP contribution >= 0.6 is 0 Å². The summed E-state index contributed by atoms with van der Waals surface area (Å²) in [4.78, 5) is 12.4. The van der Waals surface area contributed by atoms with Gasteiger partial charge in [0, 0.05) is 5.57 Å². The molecule has 25 heavy (non-hydrogen) atoms. The second-order valence-electron chi connectivity index (χ2n) is 8.89. The minimum atomic E-state index is -0.388. The third-order valence-corrected chi connectivity index (χ3v) is 5.84. The van der Waals surface area contributed by atoms with Crippen molar-refractivity contribution in [1.29, 1.82) is 0 Å². The molecule has 2 rings (SSSR count). The average Bonchev–Trinajstić information content (AvgIpc) is 2.80. The van der Waals surface area contributed by atoms with E-state index in [0.717, 1.165) is 31.3 Å². The molecule has 2 aliphatic rings. The maximum Gasteiger partial charge on any atom is 0.336 e. The summed E-state index contributed by atoms with van der Waals surface area (Å²) in [6, 6.07) is 0. The highest BCUT2D eigenvalue weighted by molar-refractivity contribution is 5.91. The molecule has 1 saturated heterocycles. The predicted octanol–water partition coefficient (Wildman–Crippen LogP) is 5.74. The molecule has 0 N–H and O–H groups in total. The van der Waals surface area contributed by atoms with Gasteiger partial charge in [-0.25, -0.2) is 4.79 Å². The van der Waals surface area contributed by atoms with E-state index < -0.39 is 0 Å². The van der Waals surface area contributed by atoms with Gasteiger partial charge >= 0.3 is 5.97 Å². The van der Waals surface area contributed by atoms with E-state index in [1.165, 1.54) is 12.8 Å². The second-order valence-corrected chi connectivity index (χ2v) is 8.89. The van der Waals surface area contributed by atoms with Gasteiger partial charge in [0.1, 0.15) is 0 Å². The van der Waals surface area contributed by atoms with Crippen LogP contribution in [-0.4, -0.2) is 18.4 Å². The zero-order valence-electron chi connectivity index (χ0n) is 17.1. The second kappa shape index (κ2) is 9.21. The Kier molecular flexibility index (Phi) is 7.54. The average molecular weight is 351 g/mol. The maximum atomic E-state index is 12.4. The van der Waals surface area contributed by atoms with Crippen LogP contribution < -0.4 is 0 Å². The molecule has 1 aliphatic carbocycles. The molecule has 144 valence electrons. The third-order valence-electron chi connectivity index (χ3n) is 5.84. The summed E-state index contributed by atoms with van der Waals surface area (Å²) in [6.45, 7) is 13.3. The van der Waals surface area contributed by atoms with Crippen molar-refractivity contribution >= 4 is 5.97 Å². The summed E-state index contributed by atoms with van der Waals surface area (Å²) in [5, 5.41) is 0.